The average molecular weight is 992 g/mol. The minimum Gasteiger partial charge on any atom is -0.455 e. The minimum atomic E-state index is -0.554. The van der Waals surface area contributed by atoms with Crippen molar-refractivity contribution in [2.45, 2.75) is 24.2 Å². The number of anilines is 3. The molecule has 16 rings (SSSR count). The number of hydrogen-bond acceptors (Lipinski definition) is 2. The number of benzene rings is 11. The maximum absolute atomic E-state index is 6.57. The van der Waals surface area contributed by atoms with E-state index in [4.69, 9.17) is 4.42 Å². The van der Waals surface area contributed by atoms with Crippen LogP contribution in [0.5, 0.6) is 0 Å². The van der Waals surface area contributed by atoms with Gasteiger partial charge in [-0.1, -0.05) is 230 Å². The third-order valence-electron chi connectivity index (χ3n) is 17.4. The molecule has 0 saturated carbocycles. The van der Waals surface area contributed by atoms with Crippen molar-refractivity contribution in [2.24, 2.45) is 0 Å². The normalized spacial score (nSPS) is 15.8. The smallest absolute Gasteiger partial charge is 0.143 e. The summed E-state index contributed by atoms with van der Waals surface area (Å²) in [5.74, 6) is 6.90. The Bertz CT molecular complexity index is 4540. The molecule has 0 N–H and O–H groups in total. The molecule has 0 saturated heterocycles. The molecule has 364 valence electrons. The first kappa shape index (κ1) is 44.4. The van der Waals surface area contributed by atoms with Crippen molar-refractivity contribution in [3.63, 3.8) is 0 Å². The van der Waals surface area contributed by atoms with Crippen molar-refractivity contribution in [2.75, 3.05) is 4.90 Å². The lowest BCUT2D eigenvalue weighted by molar-refractivity contribution is 0.670. The largest absolute Gasteiger partial charge is 0.455 e. The summed E-state index contributed by atoms with van der Waals surface area (Å²) in [6, 6.07) is 94.6. The molecule has 0 amide bonds. The summed E-state index contributed by atoms with van der Waals surface area (Å²) >= 11 is 0. The highest BCUT2D eigenvalue weighted by molar-refractivity contribution is 6.10. The zero-order chi connectivity index (χ0) is 51.5. The van der Waals surface area contributed by atoms with Gasteiger partial charge in [-0.05, 0) is 156 Å². The molecular weight excluding hydrogens is 943 g/mol. The Morgan fingerprint density at radius 3 is 1.69 bits per heavy atom. The fourth-order valence-electron chi connectivity index (χ4n) is 14.2. The number of rotatable bonds is 7. The highest BCUT2D eigenvalue weighted by Gasteiger charge is 2.54. The van der Waals surface area contributed by atoms with Gasteiger partial charge in [-0.15, -0.1) is 0 Å². The van der Waals surface area contributed by atoms with Gasteiger partial charge >= 0.3 is 0 Å². The van der Waals surface area contributed by atoms with Gasteiger partial charge < -0.3 is 9.32 Å². The van der Waals surface area contributed by atoms with E-state index >= 15 is 0 Å². The number of para-hydroxylation sites is 2. The lowest BCUT2D eigenvalue weighted by Gasteiger charge is -2.35. The zero-order valence-corrected chi connectivity index (χ0v) is 43.0. The average Bonchev–Trinajstić information content (AvgIpc) is 3.68. The maximum Gasteiger partial charge on any atom is 0.143 e. The Morgan fingerprint density at radius 2 is 0.949 bits per heavy atom. The lowest BCUT2D eigenvalue weighted by atomic mass is 9.67. The van der Waals surface area contributed by atoms with Crippen LogP contribution < -0.4 is 4.90 Å². The first-order chi connectivity index (χ1) is 38.6. The third kappa shape index (κ3) is 6.16. The predicted molar refractivity (Wildman–Crippen MR) is 322 cm³/mol. The van der Waals surface area contributed by atoms with Crippen LogP contribution in [0.15, 0.2) is 277 Å². The summed E-state index contributed by atoms with van der Waals surface area (Å²) in [6.45, 7) is 2.23. The van der Waals surface area contributed by atoms with Crippen LogP contribution in [0.2, 0.25) is 0 Å². The van der Waals surface area contributed by atoms with Crippen molar-refractivity contribution in [3.8, 4) is 56.3 Å². The molecule has 0 fully saturated rings. The molecule has 1 spiro atoms. The van der Waals surface area contributed by atoms with Gasteiger partial charge in [-0.25, -0.2) is 0 Å². The Labute approximate surface area is 454 Å². The predicted octanol–water partition coefficient (Wildman–Crippen LogP) is 19.1. The Morgan fingerprint density at radius 1 is 0.410 bits per heavy atom. The number of nitrogens with zero attached hydrogens (tertiary/aromatic N) is 1. The molecule has 4 aliphatic rings. The van der Waals surface area contributed by atoms with Crippen LogP contribution >= 0.6 is 0 Å². The van der Waals surface area contributed by atoms with Gasteiger partial charge in [0.1, 0.15) is 11.2 Å². The van der Waals surface area contributed by atoms with Gasteiger partial charge in [-0.2, -0.15) is 0 Å². The van der Waals surface area contributed by atoms with Crippen LogP contribution in [0.25, 0.3) is 72.0 Å². The lowest BCUT2D eigenvalue weighted by Crippen LogP contribution is -2.28. The van der Waals surface area contributed by atoms with Crippen LogP contribution in [0.1, 0.15) is 56.5 Å². The maximum atomic E-state index is 6.57. The molecule has 1 unspecified atom stereocenters. The molecule has 11 aromatic carbocycles. The summed E-state index contributed by atoms with van der Waals surface area (Å²) < 4.78 is 6.57. The summed E-state index contributed by atoms with van der Waals surface area (Å²) in [5, 5.41) is 2.25. The van der Waals surface area contributed by atoms with E-state index in [1.165, 1.54) is 94.6 Å². The highest BCUT2D eigenvalue weighted by atomic mass is 16.3. The Kier molecular flexibility index (Phi) is 9.69. The van der Waals surface area contributed by atoms with Crippen LogP contribution in [-0.4, -0.2) is 0 Å². The van der Waals surface area contributed by atoms with Gasteiger partial charge in [0.05, 0.1) is 10.8 Å². The molecule has 2 heteroatoms. The van der Waals surface area contributed by atoms with E-state index < -0.39 is 10.8 Å². The van der Waals surface area contributed by atoms with Gasteiger partial charge in [0.25, 0.3) is 0 Å². The zero-order valence-electron chi connectivity index (χ0n) is 43.0. The van der Waals surface area contributed by atoms with Gasteiger partial charge in [0.2, 0.25) is 0 Å². The van der Waals surface area contributed by atoms with E-state index in [0.29, 0.717) is 6.42 Å². The summed E-state index contributed by atoms with van der Waals surface area (Å²) in [5.41, 5.74) is 27.9. The molecule has 1 atom stereocenters. The first-order valence-corrected chi connectivity index (χ1v) is 27.1. The Hall–Kier alpha value is -9.94. The molecule has 2 nitrogen and oxygen atoms in total. The number of allylic oxidation sites excluding steroid dienone is 4. The van der Waals surface area contributed by atoms with E-state index in [2.05, 4.69) is 278 Å². The SMILES string of the molecule is Cc1ccc2c(c1)C1(C3=C2C=CC#CC3)c2ccccc2-c2cccc(-c3ccc(N(c4ccc(-c5cccc6c5oc5ccccc56)cc4)c4ccc5c(c4)C(c4ccccc4)(c4ccccc4)c4ccccc4-5)cc3)c21. The molecule has 0 radical (unpaired) electrons. The standard InChI is InChI=1S/C76H49NO/c1-49-35-45-62-60-23-9-4-10-31-68(60)76(70(62)47-49)69-33-15-12-25-61(69)65-29-17-27-57(73(65)76)50-36-40-54(41-37-50)77(55-42-38-51(39-43-55)58-28-18-30-66-64-26-13-16-34-72(64)78-74(58)66)56-44-46-63-59-24-11-14-32-67(59)75(71(63)48-56,52-19-5-2-6-20-52)53-21-7-3-8-22-53/h2-3,5-9,11-30,32-48H,31H2,1H3. The third-order valence-corrected chi connectivity index (χ3v) is 17.4. The fourth-order valence-corrected chi connectivity index (χ4v) is 14.2. The van der Waals surface area contributed by atoms with E-state index in [1.54, 1.807) is 0 Å². The minimum absolute atomic E-state index is 0.492. The Balaban J connectivity index is 0.890. The van der Waals surface area contributed by atoms with Crippen molar-refractivity contribution in [1.82, 2.24) is 0 Å². The second-order valence-electron chi connectivity index (χ2n) is 21.3. The van der Waals surface area contributed by atoms with E-state index in [1.807, 2.05) is 12.1 Å². The number of aryl methyl sites for hydroxylation is 1. The highest BCUT2D eigenvalue weighted by Crippen LogP contribution is 2.65. The molecule has 0 aliphatic heterocycles. The molecule has 1 aromatic heterocycles. The van der Waals surface area contributed by atoms with Crippen molar-refractivity contribution >= 4 is 44.6 Å². The van der Waals surface area contributed by atoms with Crippen LogP contribution in [0.3, 0.4) is 0 Å². The molecule has 12 aromatic rings. The van der Waals surface area contributed by atoms with Gasteiger partial charge in [0, 0.05) is 39.8 Å². The van der Waals surface area contributed by atoms with Crippen molar-refractivity contribution in [3.05, 3.63) is 323 Å². The molecular formula is C76H49NO. The molecule has 1 heterocycles. The van der Waals surface area contributed by atoms with E-state index in [9.17, 15) is 0 Å². The van der Waals surface area contributed by atoms with Crippen LogP contribution in [0.4, 0.5) is 17.1 Å². The van der Waals surface area contributed by atoms with Crippen molar-refractivity contribution in [1.29, 1.82) is 0 Å². The van der Waals surface area contributed by atoms with Crippen LogP contribution in [0, 0.1) is 18.8 Å². The summed E-state index contributed by atoms with van der Waals surface area (Å²) in [4.78, 5) is 2.44. The number of hydrogen-bond donors (Lipinski definition) is 0. The van der Waals surface area contributed by atoms with E-state index in [-0.39, 0.29) is 0 Å². The van der Waals surface area contributed by atoms with Gasteiger partial charge in [0.15, 0.2) is 0 Å². The fraction of sp³-hybridized carbons (Fsp3) is 0.0526. The second kappa shape index (κ2) is 17.0. The molecule has 78 heavy (non-hydrogen) atoms. The first-order valence-electron chi connectivity index (χ1n) is 27.1. The molecule has 0 bridgehead atoms. The topological polar surface area (TPSA) is 16.4 Å². The van der Waals surface area contributed by atoms with Gasteiger partial charge in [-0.3, -0.25) is 0 Å². The summed E-state index contributed by atoms with van der Waals surface area (Å²) in [7, 11) is 0. The number of furan rings is 1. The number of fused-ring (bicyclic) bond motifs is 15. The van der Waals surface area contributed by atoms with Crippen LogP contribution in [-0.2, 0) is 10.8 Å². The summed E-state index contributed by atoms with van der Waals surface area (Å²) in [6.07, 6.45) is 5.00. The monoisotopic (exact) mass is 991 g/mol. The quantitative estimate of drug-likeness (QED) is 0.148. The van der Waals surface area contributed by atoms with Crippen molar-refractivity contribution < 1.29 is 4.42 Å². The second-order valence-corrected chi connectivity index (χ2v) is 21.3. The van der Waals surface area contributed by atoms with E-state index in [0.717, 1.165) is 50.1 Å². The molecule has 4 aliphatic carbocycles.